The fraction of sp³-hybridized carbons (Fsp3) is 0.529. The predicted octanol–water partition coefficient (Wildman–Crippen LogP) is 2.72. The molecule has 1 aliphatic carbocycles. The Morgan fingerprint density at radius 1 is 1.14 bits per heavy atom. The summed E-state index contributed by atoms with van der Waals surface area (Å²) in [5.74, 6) is 0.0503. The first-order valence-electron chi connectivity index (χ1n) is 7.93. The Balaban J connectivity index is 1.90. The minimum absolute atomic E-state index is 0.108. The Kier molecular flexibility index (Phi) is 5.81. The molecule has 1 aromatic rings. The van der Waals surface area contributed by atoms with E-state index in [4.69, 9.17) is 4.74 Å². The van der Waals surface area contributed by atoms with Gasteiger partial charge in [-0.2, -0.15) is 0 Å². The highest BCUT2D eigenvalue weighted by Gasteiger charge is 2.23. The summed E-state index contributed by atoms with van der Waals surface area (Å²) in [6, 6.07) is 7.21. The molecule has 1 aromatic carbocycles. The van der Waals surface area contributed by atoms with Gasteiger partial charge in [0.15, 0.2) is 0 Å². The number of hydrogen-bond donors (Lipinski definition) is 2. The molecule has 2 amide bonds. The molecule has 1 aliphatic rings. The summed E-state index contributed by atoms with van der Waals surface area (Å²) in [5, 5.41) is 5.44. The first kappa shape index (κ1) is 16.3. The van der Waals surface area contributed by atoms with Gasteiger partial charge in [0, 0.05) is 6.04 Å². The summed E-state index contributed by atoms with van der Waals surface area (Å²) in [6.45, 7) is 4.59. The first-order valence-corrected chi connectivity index (χ1v) is 7.93. The van der Waals surface area contributed by atoms with Crippen molar-refractivity contribution in [1.29, 1.82) is 0 Å². The Hall–Kier alpha value is -2.04. The van der Waals surface area contributed by atoms with Crippen molar-refractivity contribution in [2.75, 3.05) is 11.9 Å². The number of ether oxygens (including phenoxy) is 1. The minimum Gasteiger partial charge on any atom is -0.492 e. The molecule has 5 nitrogen and oxygen atoms in total. The van der Waals surface area contributed by atoms with Gasteiger partial charge in [-0.15, -0.1) is 0 Å². The number of amides is 2. The molecular weight excluding hydrogens is 280 g/mol. The summed E-state index contributed by atoms with van der Waals surface area (Å²) >= 11 is 0. The van der Waals surface area contributed by atoms with Crippen LogP contribution in [0.25, 0.3) is 0 Å². The molecule has 0 bridgehead atoms. The van der Waals surface area contributed by atoms with E-state index in [1.165, 1.54) is 0 Å². The van der Waals surface area contributed by atoms with E-state index in [2.05, 4.69) is 17.6 Å². The van der Waals surface area contributed by atoms with Crippen molar-refractivity contribution >= 4 is 17.5 Å². The summed E-state index contributed by atoms with van der Waals surface area (Å²) in [5.41, 5.74) is 0.516. The first-order chi connectivity index (χ1) is 10.6. The van der Waals surface area contributed by atoms with Crippen molar-refractivity contribution in [1.82, 2.24) is 5.32 Å². The van der Waals surface area contributed by atoms with Crippen LogP contribution in [0, 0.1) is 5.92 Å². The molecular formula is C17H24N2O3. The molecule has 0 aromatic heterocycles. The molecule has 120 valence electrons. The van der Waals surface area contributed by atoms with Gasteiger partial charge in [-0.25, -0.2) is 0 Å². The second-order valence-corrected chi connectivity index (χ2v) is 5.81. The average molecular weight is 304 g/mol. The smallest absolute Gasteiger partial charge is 0.313 e. The molecule has 0 atom stereocenters. The monoisotopic (exact) mass is 304 g/mol. The SMILES string of the molecule is CCOc1ccccc1NC(=O)C(=O)NC1CCC(C)CC1. The lowest BCUT2D eigenvalue weighted by atomic mass is 9.87. The topological polar surface area (TPSA) is 67.4 Å². The van der Waals surface area contributed by atoms with Crippen LogP contribution in [-0.2, 0) is 9.59 Å². The van der Waals surface area contributed by atoms with Crippen LogP contribution in [-0.4, -0.2) is 24.5 Å². The minimum atomic E-state index is -0.647. The molecule has 0 unspecified atom stereocenters. The zero-order valence-corrected chi connectivity index (χ0v) is 13.2. The molecule has 1 saturated carbocycles. The van der Waals surface area contributed by atoms with Crippen LogP contribution in [0.3, 0.4) is 0 Å². The van der Waals surface area contributed by atoms with Gasteiger partial charge in [-0.1, -0.05) is 19.1 Å². The molecule has 22 heavy (non-hydrogen) atoms. The predicted molar refractivity (Wildman–Crippen MR) is 85.8 cm³/mol. The third-order valence-electron chi connectivity index (χ3n) is 3.99. The quantitative estimate of drug-likeness (QED) is 0.840. The number of para-hydroxylation sites is 2. The lowest BCUT2D eigenvalue weighted by molar-refractivity contribution is -0.136. The number of nitrogens with one attached hydrogen (secondary N) is 2. The number of hydrogen-bond acceptors (Lipinski definition) is 3. The third-order valence-corrected chi connectivity index (χ3v) is 3.99. The molecule has 0 saturated heterocycles. The van der Waals surface area contributed by atoms with E-state index in [1.807, 2.05) is 13.0 Å². The lowest BCUT2D eigenvalue weighted by Crippen LogP contribution is -2.43. The highest BCUT2D eigenvalue weighted by Crippen LogP contribution is 2.24. The van der Waals surface area contributed by atoms with Gasteiger partial charge in [0.1, 0.15) is 5.75 Å². The molecule has 0 heterocycles. The van der Waals surface area contributed by atoms with E-state index in [-0.39, 0.29) is 6.04 Å². The van der Waals surface area contributed by atoms with E-state index in [9.17, 15) is 9.59 Å². The lowest BCUT2D eigenvalue weighted by Gasteiger charge is -2.26. The second-order valence-electron chi connectivity index (χ2n) is 5.81. The Bertz CT molecular complexity index is 522. The van der Waals surface area contributed by atoms with Crippen molar-refractivity contribution in [2.45, 2.75) is 45.6 Å². The van der Waals surface area contributed by atoms with E-state index in [0.29, 0.717) is 24.0 Å². The van der Waals surface area contributed by atoms with Crippen LogP contribution in [0.15, 0.2) is 24.3 Å². The zero-order valence-electron chi connectivity index (χ0n) is 13.2. The van der Waals surface area contributed by atoms with Crippen LogP contribution < -0.4 is 15.4 Å². The van der Waals surface area contributed by atoms with Gasteiger partial charge in [-0.05, 0) is 50.7 Å². The molecule has 2 N–H and O–H groups in total. The maximum absolute atomic E-state index is 12.0. The molecule has 0 aliphatic heterocycles. The van der Waals surface area contributed by atoms with Crippen molar-refractivity contribution in [2.24, 2.45) is 5.92 Å². The number of carbonyl (C=O) groups is 2. The number of benzene rings is 1. The molecule has 0 radical (unpaired) electrons. The Morgan fingerprint density at radius 3 is 2.50 bits per heavy atom. The largest absolute Gasteiger partial charge is 0.492 e. The molecule has 1 fully saturated rings. The van der Waals surface area contributed by atoms with Crippen molar-refractivity contribution in [3.8, 4) is 5.75 Å². The van der Waals surface area contributed by atoms with E-state index >= 15 is 0 Å². The van der Waals surface area contributed by atoms with Crippen molar-refractivity contribution < 1.29 is 14.3 Å². The standard InChI is InChI=1S/C17H24N2O3/c1-3-22-15-7-5-4-6-14(15)19-17(21)16(20)18-13-10-8-12(2)9-11-13/h4-7,12-13H,3,8-11H2,1-2H3,(H,18,20)(H,19,21). The van der Waals surface area contributed by atoms with Gasteiger partial charge >= 0.3 is 11.8 Å². The Labute approximate surface area is 131 Å². The number of rotatable bonds is 4. The fourth-order valence-electron chi connectivity index (χ4n) is 2.69. The van der Waals surface area contributed by atoms with Gasteiger partial charge in [-0.3, -0.25) is 9.59 Å². The maximum Gasteiger partial charge on any atom is 0.313 e. The van der Waals surface area contributed by atoms with Crippen LogP contribution in [0.1, 0.15) is 39.5 Å². The van der Waals surface area contributed by atoms with Crippen molar-refractivity contribution in [3.05, 3.63) is 24.3 Å². The van der Waals surface area contributed by atoms with E-state index in [1.54, 1.807) is 18.2 Å². The van der Waals surface area contributed by atoms with Gasteiger partial charge in [0.25, 0.3) is 0 Å². The highest BCUT2D eigenvalue weighted by molar-refractivity contribution is 6.39. The average Bonchev–Trinajstić information content (AvgIpc) is 2.51. The van der Waals surface area contributed by atoms with E-state index in [0.717, 1.165) is 25.7 Å². The van der Waals surface area contributed by atoms with Crippen LogP contribution in [0.2, 0.25) is 0 Å². The van der Waals surface area contributed by atoms with Gasteiger partial charge < -0.3 is 15.4 Å². The maximum atomic E-state index is 12.0. The summed E-state index contributed by atoms with van der Waals surface area (Å²) < 4.78 is 5.43. The summed E-state index contributed by atoms with van der Waals surface area (Å²) in [7, 11) is 0. The van der Waals surface area contributed by atoms with Gasteiger partial charge in [0.2, 0.25) is 0 Å². The van der Waals surface area contributed by atoms with Crippen LogP contribution in [0.4, 0.5) is 5.69 Å². The highest BCUT2D eigenvalue weighted by atomic mass is 16.5. The van der Waals surface area contributed by atoms with Gasteiger partial charge in [0.05, 0.1) is 12.3 Å². The van der Waals surface area contributed by atoms with Crippen molar-refractivity contribution in [3.63, 3.8) is 0 Å². The second kappa shape index (κ2) is 7.82. The van der Waals surface area contributed by atoms with Crippen LogP contribution >= 0.6 is 0 Å². The molecule has 2 rings (SSSR count). The van der Waals surface area contributed by atoms with Crippen LogP contribution in [0.5, 0.6) is 5.75 Å². The third kappa shape index (κ3) is 4.48. The zero-order chi connectivity index (χ0) is 15.9. The summed E-state index contributed by atoms with van der Waals surface area (Å²) in [4.78, 5) is 24.0. The number of carbonyl (C=O) groups excluding carboxylic acids is 2. The van der Waals surface area contributed by atoms with E-state index < -0.39 is 11.8 Å². The molecule has 5 heteroatoms. The summed E-state index contributed by atoms with van der Waals surface area (Å²) in [6.07, 6.45) is 4.07. The molecule has 0 spiro atoms. The number of anilines is 1. The normalized spacial score (nSPS) is 21.0. The fourth-order valence-corrected chi connectivity index (χ4v) is 2.69. The Morgan fingerprint density at radius 2 is 1.82 bits per heavy atom.